The van der Waals surface area contributed by atoms with Crippen LogP contribution >= 0.6 is 0 Å². The van der Waals surface area contributed by atoms with Crippen LogP contribution in [-0.2, 0) is 0 Å². The first-order valence-electron chi connectivity index (χ1n) is 5.36. The van der Waals surface area contributed by atoms with Crippen LogP contribution in [-0.4, -0.2) is 17.1 Å². The van der Waals surface area contributed by atoms with Crippen molar-refractivity contribution in [2.75, 3.05) is 12.8 Å². The Balaban J connectivity index is 2.56. The van der Waals surface area contributed by atoms with Crippen LogP contribution in [0.5, 0.6) is 5.88 Å². The molecular weight excluding hydrogens is 214 g/mol. The predicted octanol–water partition coefficient (Wildman–Crippen LogP) is 2.35. The van der Waals surface area contributed by atoms with Gasteiger partial charge in [-0.15, -0.1) is 0 Å². The van der Waals surface area contributed by atoms with Gasteiger partial charge in [-0.1, -0.05) is 6.07 Å². The van der Waals surface area contributed by atoms with Gasteiger partial charge in [0.1, 0.15) is 5.82 Å². The fraction of sp³-hybridized carbons (Fsp3) is 0.231. The first-order chi connectivity index (χ1) is 8.11. The minimum absolute atomic E-state index is 0.515. The van der Waals surface area contributed by atoms with Crippen LogP contribution in [0.3, 0.4) is 0 Å². The van der Waals surface area contributed by atoms with E-state index in [1.165, 1.54) is 0 Å². The van der Waals surface area contributed by atoms with E-state index in [1.54, 1.807) is 19.4 Å². The molecule has 2 rings (SSSR count). The molecule has 17 heavy (non-hydrogen) atoms. The summed E-state index contributed by atoms with van der Waals surface area (Å²) in [6, 6.07) is 5.64. The zero-order valence-electron chi connectivity index (χ0n) is 10.2. The summed E-state index contributed by atoms with van der Waals surface area (Å²) in [5.41, 5.74) is 9.72. The number of hydrogen-bond acceptors (Lipinski definition) is 4. The molecule has 2 aromatic heterocycles. The van der Waals surface area contributed by atoms with E-state index in [2.05, 4.69) is 9.97 Å². The molecule has 88 valence electrons. The summed E-state index contributed by atoms with van der Waals surface area (Å²) < 4.78 is 5.08. The second-order valence-electron chi connectivity index (χ2n) is 3.94. The van der Waals surface area contributed by atoms with E-state index in [1.807, 2.05) is 26.0 Å². The molecule has 0 aliphatic carbocycles. The first-order valence-corrected chi connectivity index (χ1v) is 5.36. The Bertz CT molecular complexity index is 552. The SMILES string of the molecule is COc1cc(C)c(-c2nc(N)ccc2C)cn1. The number of aromatic nitrogens is 2. The number of nitrogen functional groups attached to an aromatic ring is 1. The van der Waals surface area contributed by atoms with Gasteiger partial charge in [-0.25, -0.2) is 9.97 Å². The van der Waals surface area contributed by atoms with Crippen LogP contribution in [0.15, 0.2) is 24.4 Å². The molecular formula is C13H15N3O. The van der Waals surface area contributed by atoms with E-state index in [9.17, 15) is 0 Å². The van der Waals surface area contributed by atoms with Gasteiger partial charge in [-0.2, -0.15) is 0 Å². The van der Waals surface area contributed by atoms with E-state index >= 15 is 0 Å². The molecule has 0 aromatic carbocycles. The number of pyridine rings is 2. The smallest absolute Gasteiger partial charge is 0.213 e. The quantitative estimate of drug-likeness (QED) is 0.858. The molecule has 0 unspecified atom stereocenters. The standard InChI is InChI=1S/C13H15N3O/c1-8-4-5-11(14)16-13(8)10-7-15-12(17-3)6-9(10)2/h4-7H,1-3H3,(H2,14,16). The van der Waals surface area contributed by atoms with Gasteiger partial charge in [-0.3, -0.25) is 0 Å². The number of aryl methyl sites for hydroxylation is 2. The average Bonchev–Trinajstić information content (AvgIpc) is 2.32. The summed E-state index contributed by atoms with van der Waals surface area (Å²) in [5, 5.41) is 0. The van der Waals surface area contributed by atoms with E-state index < -0.39 is 0 Å². The largest absolute Gasteiger partial charge is 0.481 e. The van der Waals surface area contributed by atoms with Crippen molar-refractivity contribution in [1.29, 1.82) is 0 Å². The lowest BCUT2D eigenvalue weighted by atomic mass is 10.0. The summed E-state index contributed by atoms with van der Waals surface area (Å²) in [6.07, 6.45) is 1.77. The number of ether oxygens (including phenoxy) is 1. The topological polar surface area (TPSA) is 61.0 Å². The van der Waals surface area contributed by atoms with Crippen molar-refractivity contribution in [1.82, 2.24) is 9.97 Å². The maximum absolute atomic E-state index is 5.71. The molecule has 0 atom stereocenters. The molecule has 0 aliphatic heterocycles. The van der Waals surface area contributed by atoms with Gasteiger partial charge < -0.3 is 10.5 Å². The molecule has 4 nitrogen and oxygen atoms in total. The summed E-state index contributed by atoms with van der Waals surface area (Å²) in [4.78, 5) is 8.56. The third-order valence-corrected chi connectivity index (χ3v) is 2.67. The molecule has 2 aromatic rings. The fourth-order valence-corrected chi connectivity index (χ4v) is 1.71. The van der Waals surface area contributed by atoms with Crippen molar-refractivity contribution in [3.8, 4) is 17.1 Å². The van der Waals surface area contributed by atoms with Crippen molar-refractivity contribution in [3.05, 3.63) is 35.5 Å². The third kappa shape index (κ3) is 2.20. The summed E-state index contributed by atoms with van der Waals surface area (Å²) in [5.74, 6) is 1.12. The highest BCUT2D eigenvalue weighted by Crippen LogP contribution is 2.26. The number of methoxy groups -OCH3 is 1. The Morgan fingerprint density at radius 3 is 2.59 bits per heavy atom. The summed E-state index contributed by atoms with van der Waals surface area (Å²) in [6.45, 7) is 4.01. The summed E-state index contributed by atoms with van der Waals surface area (Å²) >= 11 is 0. The Labute approximate surface area is 100 Å². The van der Waals surface area contributed by atoms with E-state index in [4.69, 9.17) is 10.5 Å². The fourth-order valence-electron chi connectivity index (χ4n) is 1.71. The van der Waals surface area contributed by atoms with E-state index in [-0.39, 0.29) is 0 Å². The zero-order chi connectivity index (χ0) is 12.4. The van der Waals surface area contributed by atoms with Crippen LogP contribution < -0.4 is 10.5 Å². The van der Waals surface area contributed by atoms with Gasteiger partial charge in [0.25, 0.3) is 0 Å². The van der Waals surface area contributed by atoms with Crippen molar-refractivity contribution in [2.45, 2.75) is 13.8 Å². The molecule has 0 spiro atoms. The highest BCUT2D eigenvalue weighted by Gasteiger charge is 2.09. The lowest BCUT2D eigenvalue weighted by Crippen LogP contribution is -1.97. The Morgan fingerprint density at radius 1 is 1.18 bits per heavy atom. The van der Waals surface area contributed by atoms with Gasteiger partial charge in [-0.05, 0) is 31.0 Å². The molecule has 0 fully saturated rings. The van der Waals surface area contributed by atoms with E-state index in [0.29, 0.717) is 11.7 Å². The van der Waals surface area contributed by atoms with Crippen molar-refractivity contribution in [3.63, 3.8) is 0 Å². The zero-order valence-corrected chi connectivity index (χ0v) is 10.2. The predicted molar refractivity (Wildman–Crippen MR) is 67.9 cm³/mol. The van der Waals surface area contributed by atoms with Gasteiger partial charge in [0, 0.05) is 17.8 Å². The maximum Gasteiger partial charge on any atom is 0.213 e. The van der Waals surface area contributed by atoms with Gasteiger partial charge in [0.15, 0.2) is 0 Å². The van der Waals surface area contributed by atoms with Crippen LogP contribution in [0.25, 0.3) is 11.3 Å². The monoisotopic (exact) mass is 229 g/mol. The first kappa shape index (κ1) is 11.4. The van der Waals surface area contributed by atoms with Gasteiger partial charge >= 0.3 is 0 Å². The molecule has 0 bridgehead atoms. The highest BCUT2D eigenvalue weighted by molar-refractivity contribution is 5.67. The van der Waals surface area contributed by atoms with Crippen molar-refractivity contribution < 1.29 is 4.74 Å². The molecule has 0 saturated heterocycles. The maximum atomic E-state index is 5.71. The average molecular weight is 229 g/mol. The second kappa shape index (κ2) is 4.41. The minimum atomic E-state index is 0.515. The minimum Gasteiger partial charge on any atom is -0.481 e. The lowest BCUT2D eigenvalue weighted by molar-refractivity contribution is 0.397. The number of nitrogens with zero attached hydrogens (tertiary/aromatic N) is 2. The Hall–Kier alpha value is -2.10. The molecule has 4 heteroatoms. The second-order valence-corrected chi connectivity index (χ2v) is 3.94. The van der Waals surface area contributed by atoms with E-state index in [0.717, 1.165) is 22.4 Å². The normalized spacial score (nSPS) is 10.3. The number of hydrogen-bond donors (Lipinski definition) is 1. The third-order valence-electron chi connectivity index (χ3n) is 2.67. The number of nitrogens with two attached hydrogens (primary N) is 1. The molecule has 0 amide bonds. The van der Waals surface area contributed by atoms with Gasteiger partial charge in [0.2, 0.25) is 5.88 Å². The van der Waals surface area contributed by atoms with Crippen LogP contribution in [0.4, 0.5) is 5.82 Å². The molecule has 0 radical (unpaired) electrons. The van der Waals surface area contributed by atoms with Crippen LogP contribution in [0.1, 0.15) is 11.1 Å². The Kier molecular flexibility index (Phi) is 2.95. The van der Waals surface area contributed by atoms with Gasteiger partial charge in [0.05, 0.1) is 12.8 Å². The van der Waals surface area contributed by atoms with Crippen molar-refractivity contribution >= 4 is 5.82 Å². The molecule has 0 saturated carbocycles. The Morgan fingerprint density at radius 2 is 1.94 bits per heavy atom. The highest BCUT2D eigenvalue weighted by atomic mass is 16.5. The number of anilines is 1. The van der Waals surface area contributed by atoms with Crippen LogP contribution in [0, 0.1) is 13.8 Å². The number of rotatable bonds is 2. The molecule has 0 aliphatic rings. The van der Waals surface area contributed by atoms with Crippen molar-refractivity contribution in [2.24, 2.45) is 0 Å². The lowest BCUT2D eigenvalue weighted by Gasteiger charge is -2.09. The van der Waals surface area contributed by atoms with Crippen LogP contribution in [0.2, 0.25) is 0 Å². The summed E-state index contributed by atoms with van der Waals surface area (Å²) in [7, 11) is 1.60. The molecule has 2 N–H and O–H groups in total. The molecule has 2 heterocycles.